The molecule has 1 aromatic carbocycles. The van der Waals surface area contributed by atoms with E-state index < -0.39 is 10.0 Å². The van der Waals surface area contributed by atoms with E-state index in [1.165, 1.54) is 4.40 Å². The number of aryl methyl sites for hydroxylation is 1. The Hall–Kier alpha value is -3.29. The highest BCUT2D eigenvalue weighted by atomic mass is 32.2. The number of imidazole rings is 1. The number of rotatable bonds is 8. The topological polar surface area (TPSA) is 142 Å². The maximum atomic E-state index is 13.7. The van der Waals surface area contributed by atoms with Gasteiger partial charge in [-0.2, -0.15) is 4.31 Å². The fourth-order valence-electron chi connectivity index (χ4n) is 5.51. The average Bonchev–Trinajstić information content (AvgIpc) is 3.65. The number of hydrogen-bond acceptors (Lipinski definition) is 8. The van der Waals surface area contributed by atoms with Crippen LogP contribution in [0.4, 0.5) is 0 Å². The van der Waals surface area contributed by atoms with Gasteiger partial charge in [0.1, 0.15) is 22.9 Å². The summed E-state index contributed by atoms with van der Waals surface area (Å²) < 4.78 is 36.4. The van der Waals surface area contributed by atoms with Crippen LogP contribution >= 0.6 is 0 Å². The van der Waals surface area contributed by atoms with Crippen LogP contribution in [-0.4, -0.2) is 86.0 Å². The van der Waals surface area contributed by atoms with Crippen LogP contribution in [0.5, 0.6) is 5.75 Å². The molecule has 0 bridgehead atoms. The largest absolute Gasteiger partial charge is 0.493 e. The van der Waals surface area contributed by atoms with Crippen molar-refractivity contribution in [1.29, 1.82) is 0 Å². The Bertz CT molecular complexity index is 1660. The number of aromatic nitrogens is 6. The molecule has 1 atom stereocenters. The fourth-order valence-corrected chi connectivity index (χ4v) is 7.01. The van der Waals surface area contributed by atoms with Crippen LogP contribution in [-0.2, 0) is 16.4 Å². The summed E-state index contributed by atoms with van der Waals surface area (Å²) in [7, 11) is -3.72. The smallest absolute Gasteiger partial charge is 0.334 e. The predicted octanol–water partition coefficient (Wildman–Crippen LogP) is 2.17. The van der Waals surface area contributed by atoms with Crippen molar-refractivity contribution < 1.29 is 13.2 Å². The van der Waals surface area contributed by atoms with Crippen molar-refractivity contribution in [3.8, 4) is 17.1 Å². The molecule has 2 saturated heterocycles. The zero-order valence-electron chi connectivity index (χ0n) is 21.6. The van der Waals surface area contributed by atoms with Crippen molar-refractivity contribution in [1.82, 2.24) is 38.8 Å². The van der Waals surface area contributed by atoms with E-state index in [-0.39, 0.29) is 16.6 Å². The molecule has 2 N–H and O–H groups in total. The van der Waals surface area contributed by atoms with Crippen LogP contribution in [0.15, 0.2) is 27.9 Å². The van der Waals surface area contributed by atoms with Gasteiger partial charge in [0.15, 0.2) is 11.3 Å². The molecule has 4 aromatic rings. The molecule has 0 amide bonds. The number of hydrogen-bond donors (Lipinski definition) is 2. The summed E-state index contributed by atoms with van der Waals surface area (Å²) >= 11 is 0. The third kappa shape index (κ3) is 4.18. The number of nitrogens with zero attached hydrogens (tertiary/aromatic N) is 6. The van der Waals surface area contributed by atoms with Gasteiger partial charge in [0.05, 0.1) is 17.1 Å². The van der Waals surface area contributed by atoms with Crippen molar-refractivity contribution in [2.75, 3.05) is 32.8 Å². The summed E-state index contributed by atoms with van der Waals surface area (Å²) in [6, 6.07) is 5.18. The number of sulfonamides is 1. The minimum Gasteiger partial charge on any atom is -0.493 e. The molecule has 0 radical (unpaired) electrons. The minimum atomic E-state index is -3.72. The van der Waals surface area contributed by atoms with Gasteiger partial charge in [0, 0.05) is 32.1 Å². The monoisotopic (exact) mass is 540 g/mol. The first kappa shape index (κ1) is 25.0. The third-order valence-electron chi connectivity index (χ3n) is 7.42. The molecule has 5 heterocycles. The number of piperazine rings is 1. The summed E-state index contributed by atoms with van der Waals surface area (Å²) in [5, 5.41) is 8.42. The molecule has 0 aliphatic carbocycles. The molecule has 12 nitrogen and oxygen atoms in total. The van der Waals surface area contributed by atoms with E-state index in [9.17, 15) is 13.2 Å². The number of fused-ring (bicyclic) bond motifs is 4. The average molecular weight is 541 g/mol. The minimum absolute atomic E-state index is 0.189. The van der Waals surface area contributed by atoms with Gasteiger partial charge in [0.25, 0.3) is 0 Å². The number of nitrogens with one attached hydrogen (secondary N) is 2. The zero-order valence-corrected chi connectivity index (χ0v) is 22.4. The number of aromatic amines is 2. The molecule has 2 aliphatic rings. The summed E-state index contributed by atoms with van der Waals surface area (Å²) in [5.74, 6) is 1.47. The number of benzene rings is 1. The van der Waals surface area contributed by atoms with Gasteiger partial charge >= 0.3 is 5.69 Å². The van der Waals surface area contributed by atoms with Gasteiger partial charge < -0.3 is 9.72 Å². The van der Waals surface area contributed by atoms with Crippen LogP contribution in [0.3, 0.4) is 0 Å². The quantitative estimate of drug-likeness (QED) is 0.346. The molecule has 0 spiro atoms. The lowest BCUT2D eigenvalue weighted by atomic mass is 10.2. The van der Waals surface area contributed by atoms with Crippen LogP contribution < -0.4 is 10.4 Å². The summed E-state index contributed by atoms with van der Waals surface area (Å²) in [6.45, 7) is 7.24. The summed E-state index contributed by atoms with van der Waals surface area (Å²) in [5.41, 5.74) is 1.34. The molecule has 2 aliphatic heterocycles. The maximum absolute atomic E-state index is 13.7. The first-order valence-electron chi connectivity index (χ1n) is 13.3. The van der Waals surface area contributed by atoms with E-state index in [0.717, 1.165) is 38.8 Å². The number of ether oxygens (including phenoxy) is 1. The van der Waals surface area contributed by atoms with E-state index in [4.69, 9.17) is 4.74 Å². The summed E-state index contributed by atoms with van der Waals surface area (Å²) in [6.07, 6.45) is 4.36. The molecule has 13 heteroatoms. The highest BCUT2D eigenvalue weighted by Gasteiger charge is 2.36. The Morgan fingerprint density at radius 3 is 2.79 bits per heavy atom. The standard InChI is InChI=1S/C25H32N8O4S/c1-3-6-20-29-30-24-21-23(28-25(34)33(20)24)27-22(26-21)18-14-17(8-9-19(18)37-13-4-2)38(35,36)32-12-11-31-10-5-7-16(31)15-32/h8-9,14,16H,3-7,10-13,15H2,1-2H3,(H,26,27)(H,28,34)/t16-/m0/s1. The lowest BCUT2D eigenvalue weighted by molar-refractivity contribution is 0.158. The first-order valence-corrected chi connectivity index (χ1v) is 14.7. The van der Waals surface area contributed by atoms with Gasteiger partial charge in [-0.3, -0.25) is 9.88 Å². The molecule has 6 rings (SSSR count). The molecule has 202 valence electrons. The molecule has 0 unspecified atom stereocenters. The molecule has 38 heavy (non-hydrogen) atoms. The van der Waals surface area contributed by atoms with E-state index in [1.807, 2.05) is 13.8 Å². The lowest BCUT2D eigenvalue weighted by Crippen LogP contribution is -2.51. The Balaban J connectivity index is 1.44. The third-order valence-corrected chi connectivity index (χ3v) is 9.28. The first-order chi connectivity index (χ1) is 18.4. The predicted molar refractivity (Wildman–Crippen MR) is 142 cm³/mol. The van der Waals surface area contributed by atoms with E-state index in [0.29, 0.717) is 65.9 Å². The van der Waals surface area contributed by atoms with Gasteiger partial charge in [-0.05, 0) is 50.4 Å². The lowest BCUT2D eigenvalue weighted by Gasteiger charge is -2.36. The Morgan fingerprint density at radius 2 is 1.97 bits per heavy atom. The molecular formula is C25H32N8O4S. The van der Waals surface area contributed by atoms with Gasteiger partial charge in [-0.1, -0.05) is 13.8 Å². The normalized spacial score (nSPS) is 18.9. The van der Waals surface area contributed by atoms with Crippen molar-refractivity contribution in [3.63, 3.8) is 0 Å². The highest BCUT2D eigenvalue weighted by Crippen LogP contribution is 2.34. The molecule has 3 aromatic heterocycles. The van der Waals surface area contributed by atoms with Crippen LogP contribution in [0, 0.1) is 0 Å². The Labute approximate surface area is 220 Å². The van der Waals surface area contributed by atoms with Crippen molar-refractivity contribution in [2.24, 2.45) is 0 Å². The second kappa shape index (κ2) is 9.79. The Morgan fingerprint density at radius 1 is 1.11 bits per heavy atom. The summed E-state index contributed by atoms with van der Waals surface area (Å²) in [4.78, 5) is 26.0. The van der Waals surface area contributed by atoms with Gasteiger partial charge in [0.2, 0.25) is 10.0 Å². The van der Waals surface area contributed by atoms with Gasteiger partial charge in [-0.15, -0.1) is 10.2 Å². The van der Waals surface area contributed by atoms with Gasteiger partial charge in [-0.25, -0.2) is 22.6 Å². The molecule has 2 fully saturated rings. The fraction of sp³-hybridized carbons (Fsp3) is 0.520. The SMILES string of the molecule is CCCOc1ccc(S(=O)(=O)N2CCN3CCC[C@H]3C2)cc1-c1nc2[nH]c(=O)n3c(CCC)nnc3c2[nH]1. The second-order valence-corrected chi connectivity index (χ2v) is 11.9. The van der Waals surface area contributed by atoms with Crippen molar-refractivity contribution >= 4 is 26.8 Å². The molecular weight excluding hydrogens is 508 g/mol. The van der Waals surface area contributed by atoms with Crippen LogP contribution in [0.2, 0.25) is 0 Å². The number of H-pyrrole nitrogens is 2. The maximum Gasteiger partial charge on any atom is 0.334 e. The van der Waals surface area contributed by atoms with Crippen molar-refractivity contribution in [3.05, 3.63) is 34.5 Å². The van der Waals surface area contributed by atoms with E-state index in [1.54, 1.807) is 22.5 Å². The van der Waals surface area contributed by atoms with Crippen LogP contribution in [0.25, 0.3) is 28.2 Å². The molecule has 0 saturated carbocycles. The van der Waals surface area contributed by atoms with E-state index >= 15 is 0 Å². The van der Waals surface area contributed by atoms with Crippen LogP contribution in [0.1, 0.15) is 45.4 Å². The zero-order chi connectivity index (χ0) is 26.4. The highest BCUT2D eigenvalue weighted by molar-refractivity contribution is 7.89. The van der Waals surface area contributed by atoms with E-state index in [2.05, 4.69) is 30.0 Å². The van der Waals surface area contributed by atoms with Crippen molar-refractivity contribution in [2.45, 2.75) is 56.9 Å². The Kier molecular flexibility index (Phi) is 6.44. The second-order valence-electron chi connectivity index (χ2n) is 9.97.